The van der Waals surface area contributed by atoms with Gasteiger partial charge in [-0.2, -0.15) is 0 Å². The van der Waals surface area contributed by atoms with Crippen LogP contribution in [0.25, 0.3) is 0 Å². The highest BCUT2D eigenvalue weighted by molar-refractivity contribution is 5.99. The Bertz CT molecular complexity index is 840. The second-order valence-corrected chi connectivity index (χ2v) is 6.19. The van der Waals surface area contributed by atoms with Gasteiger partial charge >= 0.3 is 6.03 Å². The number of hydrogen-bond donors (Lipinski definition) is 2. The van der Waals surface area contributed by atoms with Crippen molar-refractivity contribution in [3.05, 3.63) is 71.7 Å². The molecule has 1 aliphatic rings. The minimum Gasteiger partial charge on any atom is -0.366 e. The van der Waals surface area contributed by atoms with Gasteiger partial charge in [-0.1, -0.05) is 18.7 Å². The van der Waals surface area contributed by atoms with E-state index in [1.807, 2.05) is 0 Å². The summed E-state index contributed by atoms with van der Waals surface area (Å²) in [6.07, 6.45) is 3.87. The lowest BCUT2D eigenvalue weighted by Crippen LogP contribution is -2.52. The number of halogens is 1. The summed E-state index contributed by atoms with van der Waals surface area (Å²) < 4.78 is 13.1. The molecule has 4 amide bonds. The Morgan fingerprint density at radius 2 is 1.71 bits per heavy atom. The zero-order valence-corrected chi connectivity index (χ0v) is 15.7. The topological polar surface area (TPSA) is 95.7 Å². The number of nitrogens with two attached hydrogens (primary N) is 1. The van der Waals surface area contributed by atoms with E-state index in [1.54, 1.807) is 34.9 Å². The summed E-state index contributed by atoms with van der Waals surface area (Å²) in [5.74, 6) is -1.25. The zero-order chi connectivity index (χ0) is 20.7. The van der Waals surface area contributed by atoms with Crippen molar-refractivity contribution in [3.63, 3.8) is 0 Å². The lowest BCUT2D eigenvalue weighted by molar-refractivity contribution is 0.0666. The molecule has 0 aliphatic carbocycles. The number of rotatable bonds is 5. The molecule has 1 fully saturated rings. The van der Waals surface area contributed by atoms with Gasteiger partial charge in [0.15, 0.2) is 0 Å². The first kappa shape index (κ1) is 20.9. The molecule has 0 unspecified atom stereocenters. The summed E-state index contributed by atoms with van der Waals surface area (Å²) in [5, 5.41) is 2.58. The quantitative estimate of drug-likeness (QED) is 0.760. The Hall–Kier alpha value is -3.42. The normalized spacial score (nSPS) is 14.9. The molecule has 2 rings (SSSR count). The molecule has 1 saturated heterocycles. The number of amides is 4. The van der Waals surface area contributed by atoms with Crippen molar-refractivity contribution in [2.45, 2.75) is 6.92 Å². The Balaban J connectivity index is 1.90. The summed E-state index contributed by atoms with van der Waals surface area (Å²) in [4.78, 5) is 39.3. The van der Waals surface area contributed by atoms with Gasteiger partial charge in [-0.15, -0.1) is 0 Å². The molecule has 0 aromatic heterocycles. The number of carbonyl (C=O) groups is 3. The Morgan fingerprint density at radius 1 is 1.11 bits per heavy atom. The molecule has 7 nitrogen and oxygen atoms in total. The maximum Gasteiger partial charge on any atom is 0.321 e. The maximum atomic E-state index is 13.1. The third-order valence-electron chi connectivity index (χ3n) is 4.24. The van der Waals surface area contributed by atoms with Gasteiger partial charge in [0.1, 0.15) is 5.83 Å². The Morgan fingerprint density at radius 3 is 2.32 bits per heavy atom. The van der Waals surface area contributed by atoms with Gasteiger partial charge in [0.2, 0.25) is 5.91 Å². The van der Waals surface area contributed by atoms with Crippen LogP contribution in [0.15, 0.2) is 60.6 Å². The molecule has 1 aromatic carbocycles. The summed E-state index contributed by atoms with van der Waals surface area (Å²) >= 11 is 0. The van der Waals surface area contributed by atoms with E-state index in [2.05, 4.69) is 11.9 Å². The molecule has 8 heteroatoms. The summed E-state index contributed by atoms with van der Waals surface area (Å²) in [7, 11) is 0. The molecule has 0 atom stereocenters. The number of piperazine rings is 1. The number of hydrogen-bond acceptors (Lipinski definition) is 3. The van der Waals surface area contributed by atoms with Gasteiger partial charge in [0, 0.05) is 43.0 Å². The second-order valence-electron chi connectivity index (χ2n) is 6.19. The van der Waals surface area contributed by atoms with Crippen molar-refractivity contribution in [3.8, 4) is 0 Å². The van der Waals surface area contributed by atoms with E-state index in [0.29, 0.717) is 31.7 Å². The van der Waals surface area contributed by atoms with Gasteiger partial charge in [-0.25, -0.2) is 9.18 Å². The van der Waals surface area contributed by atoms with E-state index in [9.17, 15) is 18.8 Å². The smallest absolute Gasteiger partial charge is 0.321 e. The molecular formula is C20H23FN4O3. The summed E-state index contributed by atoms with van der Waals surface area (Å²) in [5.41, 5.74) is 6.16. The number of benzene rings is 1. The fraction of sp³-hybridized carbons (Fsp3) is 0.250. The van der Waals surface area contributed by atoms with Crippen LogP contribution in [0.3, 0.4) is 0 Å². The minimum absolute atomic E-state index is 0.225. The van der Waals surface area contributed by atoms with Crippen LogP contribution < -0.4 is 11.1 Å². The number of urea groups is 1. The predicted molar refractivity (Wildman–Crippen MR) is 104 cm³/mol. The van der Waals surface area contributed by atoms with Crippen LogP contribution in [-0.4, -0.2) is 53.8 Å². The first-order chi connectivity index (χ1) is 13.3. The van der Waals surface area contributed by atoms with E-state index in [4.69, 9.17) is 5.73 Å². The average molecular weight is 386 g/mol. The van der Waals surface area contributed by atoms with Crippen molar-refractivity contribution < 1.29 is 18.8 Å². The van der Waals surface area contributed by atoms with E-state index in [0.717, 1.165) is 0 Å². The molecule has 0 bridgehead atoms. The molecule has 1 aromatic rings. The Kier molecular flexibility index (Phi) is 7.08. The third-order valence-corrected chi connectivity index (χ3v) is 4.24. The van der Waals surface area contributed by atoms with E-state index in [1.165, 1.54) is 24.3 Å². The molecule has 0 radical (unpaired) electrons. The molecule has 1 heterocycles. The number of primary amides is 1. The monoisotopic (exact) mass is 386 g/mol. The van der Waals surface area contributed by atoms with Crippen LogP contribution in [0.1, 0.15) is 27.6 Å². The highest BCUT2D eigenvalue weighted by atomic mass is 19.1. The molecule has 0 saturated carbocycles. The van der Waals surface area contributed by atoms with Gasteiger partial charge in [0.05, 0.1) is 0 Å². The first-order valence-corrected chi connectivity index (χ1v) is 8.75. The number of carbonyl (C=O) groups excluding carboxylic acids is 3. The zero-order valence-electron chi connectivity index (χ0n) is 15.7. The molecule has 0 spiro atoms. The number of nitrogens with zero attached hydrogens (tertiary/aromatic N) is 2. The van der Waals surface area contributed by atoms with E-state index in [-0.39, 0.29) is 23.2 Å². The van der Waals surface area contributed by atoms with Gasteiger partial charge in [-0.05, 0) is 37.3 Å². The summed E-state index contributed by atoms with van der Waals surface area (Å²) in [6.45, 7) is 6.60. The summed E-state index contributed by atoms with van der Waals surface area (Å²) in [6, 6.07) is 5.87. The lowest BCUT2D eigenvalue weighted by Gasteiger charge is -2.34. The highest BCUT2D eigenvalue weighted by Crippen LogP contribution is 2.11. The third kappa shape index (κ3) is 5.54. The molecular weight excluding hydrogens is 363 g/mol. The van der Waals surface area contributed by atoms with Crippen LogP contribution in [-0.2, 0) is 0 Å². The van der Waals surface area contributed by atoms with Crippen molar-refractivity contribution in [2.75, 3.05) is 26.2 Å². The molecule has 1 aliphatic heterocycles. The van der Waals surface area contributed by atoms with Gasteiger partial charge in [-0.3, -0.25) is 9.59 Å². The standard InChI is InChI=1S/C20H23FN4O3/c1-3-17(21)8-7-14(2)23-20(28)25-11-9-24(10-12-25)19(27)16-6-4-5-15(13-16)18(22)26/h3-8,13H,2,9-12H2,1H3,(H2,22,26)(H,23,28)/b8-7-,17-3+. The first-order valence-electron chi connectivity index (χ1n) is 8.75. The largest absolute Gasteiger partial charge is 0.366 e. The maximum absolute atomic E-state index is 13.1. The molecule has 148 valence electrons. The van der Waals surface area contributed by atoms with Crippen LogP contribution in [0.2, 0.25) is 0 Å². The van der Waals surface area contributed by atoms with E-state index >= 15 is 0 Å². The number of allylic oxidation sites excluding steroid dienone is 4. The lowest BCUT2D eigenvalue weighted by atomic mass is 10.1. The van der Waals surface area contributed by atoms with Crippen molar-refractivity contribution in [2.24, 2.45) is 5.73 Å². The van der Waals surface area contributed by atoms with Crippen LogP contribution in [0, 0.1) is 0 Å². The van der Waals surface area contributed by atoms with E-state index < -0.39 is 11.7 Å². The molecule has 3 N–H and O–H groups in total. The minimum atomic E-state index is -0.597. The van der Waals surface area contributed by atoms with Crippen molar-refractivity contribution in [1.82, 2.24) is 15.1 Å². The van der Waals surface area contributed by atoms with Crippen LogP contribution >= 0.6 is 0 Å². The SMILES string of the molecule is C=C(/C=C\C(F)=C/C)NC(=O)N1CCN(C(=O)c2cccc(C(N)=O)c2)CC1. The fourth-order valence-electron chi connectivity index (χ4n) is 2.64. The number of nitrogens with one attached hydrogen (secondary N) is 1. The van der Waals surface area contributed by atoms with Gasteiger partial charge in [0.25, 0.3) is 5.91 Å². The average Bonchev–Trinajstić information content (AvgIpc) is 2.71. The van der Waals surface area contributed by atoms with Gasteiger partial charge < -0.3 is 20.9 Å². The predicted octanol–water partition coefficient (Wildman–Crippen LogP) is 2.20. The fourth-order valence-corrected chi connectivity index (χ4v) is 2.64. The Labute approximate surface area is 163 Å². The highest BCUT2D eigenvalue weighted by Gasteiger charge is 2.25. The van der Waals surface area contributed by atoms with Crippen LogP contribution in [0.5, 0.6) is 0 Å². The molecule has 28 heavy (non-hydrogen) atoms. The second kappa shape index (κ2) is 9.50. The van der Waals surface area contributed by atoms with Crippen molar-refractivity contribution >= 4 is 17.8 Å². The van der Waals surface area contributed by atoms with Crippen LogP contribution in [0.4, 0.5) is 9.18 Å². The van der Waals surface area contributed by atoms with Crippen molar-refractivity contribution in [1.29, 1.82) is 0 Å².